The molecule has 1 aliphatic rings. The van der Waals surface area contributed by atoms with Gasteiger partial charge in [0.25, 0.3) is 0 Å². The van der Waals surface area contributed by atoms with E-state index in [1.807, 2.05) is 29.6 Å². The summed E-state index contributed by atoms with van der Waals surface area (Å²) in [4.78, 5) is 12.7. The summed E-state index contributed by atoms with van der Waals surface area (Å²) in [6.45, 7) is 1.79. The van der Waals surface area contributed by atoms with Gasteiger partial charge in [-0.1, -0.05) is 18.2 Å². The van der Waals surface area contributed by atoms with Crippen LogP contribution in [-0.4, -0.2) is 39.3 Å². The molecule has 2 aromatic carbocycles. The molecule has 0 N–H and O–H groups in total. The Balaban J connectivity index is 1.84. The molecular weight excluding hydrogens is 434 g/mol. The van der Waals surface area contributed by atoms with Crippen molar-refractivity contribution in [3.8, 4) is 11.5 Å². The first-order valence-electron chi connectivity index (χ1n) is 9.78. The predicted octanol–water partition coefficient (Wildman–Crippen LogP) is 4.30. The molecule has 2 heterocycles. The van der Waals surface area contributed by atoms with Gasteiger partial charge in [-0.15, -0.1) is 11.3 Å². The molecule has 0 saturated carbocycles. The molecule has 6 nitrogen and oxygen atoms in total. The topological polar surface area (TPSA) is 72.9 Å². The van der Waals surface area contributed by atoms with E-state index in [0.29, 0.717) is 30.0 Å². The Morgan fingerprint density at radius 1 is 1.06 bits per heavy atom. The Morgan fingerprint density at radius 3 is 2.32 bits per heavy atom. The second kappa shape index (κ2) is 8.45. The van der Waals surface area contributed by atoms with Crippen LogP contribution in [0.3, 0.4) is 0 Å². The van der Waals surface area contributed by atoms with Crippen LogP contribution in [0.25, 0.3) is 0 Å². The van der Waals surface area contributed by atoms with Crippen molar-refractivity contribution < 1.29 is 22.7 Å². The maximum absolute atomic E-state index is 13.7. The average Bonchev–Trinajstić information content (AvgIpc) is 3.31. The number of thiophene rings is 1. The molecule has 0 aliphatic carbocycles. The van der Waals surface area contributed by atoms with Crippen LogP contribution in [0.15, 0.2) is 58.8 Å². The second-order valence-corrected chi connectivity index (χ2v) is 10.1. The van der Waals surface area contributed by atoms with Gasteiger partial charge in [-0.05, 0) is 60.2 Å². The summed E-state index contributed by atoms with van der Waals surface area (Å²) in [5.41, 5.74) is 2.40. The Hall–Kier alpha value is -2.68. The molecule has 1 aromatic heterocycles. The van der Waals surface area contributed by atoms with Gasteiger partial charge in [0.15, 0.2) is 17.3 Å². The SMILES string of the molecule is COc1cc2c(cc1OC)[C@H](c1cccs1)N(S(=O)(=O)c1ccc(C(C)=O)cc1)CC2. The molecule has 8 heteroatoms. The molecular formula is C23H23NO5S2. The second-order valence-electron chi connectivity index (χ2n) is 7.27. The van der Waals surface area contributed by atoms with Gasteiger partial charge in [-0.2, -0.15) is 4.31 Å². The number of sulfonamides is 1. The number of nitrogens with zero attached hydrogens (tertiary/aromatic N) is 1. The van der Waals surface area contributed by atoms with Crippen LogP contribution < -0.4 is 9.47 Å². The predicted molar refractivity (Wildman–Crippen MR) is 120 cm³/mol. The van der Waals surface area contributed by atoms with Crippen molar-refractivity contribution in [1.82, 2.24) is 4.31 Å². The van der Waals surface area contributed by atoms with Crippen LogP contribution in [0, 0.1) is 0 Å². The minimum Gasteiger partial charge on any atom is -0.493 e. The lowest BCUT2D eigenvalue weighted by Gasteiger charge is -2.36. The molecule has 3 aromatic rings. The van der Waals surface area contributed by atoms with Gasteiger partial charge >= 0.3 is 0 Å². The maximum atomic E-state index is 13.7. The van der Waals surface area contributed by atoms with Gasteiger partial charge in [0.2, 0.25) is 10.0 Å². The smallest absolute Gasteiger partial charge is 0.243 e. The van der Waals surface area contributed by atoms with Crippen LogP contribution in [-0.2, 0) is 16.4 Å². The van der Waals surface area contributed by atoms with Gasteiger partial charge in [0, 0.05) is 17.0 Å². The molecule has 0 unspecified atom stereocenters. The quantitative estimate of drug-likeness (QED) is 0.516. The van der Waals surface area contributed by atoms with Crippen LogP contribution in [0.1, 0.15) is 39.3 Å². The summed E-state index contributed by atoms with van der Waals surface area (Å²) in [7, 11) is -0.645. The molecule has 0 spiro atoms. The molecule has 0 bridgehead atoms. The van der Waals surface area contributed by atoms with Crippen molar-refractivity contribution in [2.24, 2.45) is 0 Å². The molecule has 162 valence electrons. The van der Waals surface area contributed by atoms with Crippen LogP contribution in [0.2, 0.25) is 0 Å². The summed E-state index contributed by atoms with van der Waals surface area (Å²) >= 11 is 1.52. The lowest BCUT2D eigenvalue weighted by Crippen LogP contribution is -2.40. The maximum Gasteiger partial charge on any atom is 0.243 e. The van der Waals surface area contributed by atoms with E-state index in [9.17, 15) is 13.2 Å². The standard InChI is InChI=1S/C23H23NO5S2/c1-15(25)16-6-8-18(9-7-16)31(26,27)24-11-10-17-13-20(28-2)21(29-3)14-19(17)23(24)22-5-4-12-30-22/h4-9,12-14,23H,10-11H2,1-3H3/t23-/m1/s1. The fourth-order valence-electron chi connectivity index (χ4n) is 3.92. The minimum absolute atomic E-state index is 0.103. The molecule has 31 heavy (non-hydrogen) atoms. The molecule has 4 rings (SSSR count). The average molecular weight is 458 g/mol. The first kappa shape index (κ1) is 21.5. The van der Waals surface area contributed by atoms with E-state index in [1.165, 1.54) is 34.7 Å². The number of benzene rings is 2. The number of methoxy groups -OCH3 is 2. The number of ether oxygens (including phenoxy) is 2. The fourth-order valence-corrected chi connectivity index (χ4v) is 6.43. The van der Waals surface area contributed by atoms with E-state index in [0.717, 1.165) is 16.0 Å². The van der Waals surface area contributed by atoms with E-state index in [-0.39, 0.29) is 10.7 Å². The van der Waals surface area contributed by atoms with Crippen molar-refractivity contribution in [1.29, 1.82) is 0 Å². The van der Waals surface area contributed by atoms with E-state index in [2.05, 4.69) is 0 Å². The van der Waals surface area contributed by atoms with E-state index < -0.39 is 16.1 Å². The molecule has 0 fully saturated rings. The number of rotatable bonds is 6. The van der Waals surface area contributed by atoms with Gasteiger partial charge in [-0.3, -0.25) is 4.79 Å². The van der Waals surface area contributed by atoms with E-state index in [4.69, 9.17) is 9.47 Å². The highest BCUT2D eigenvalue weighted by Crippen LogP contribution is 2.44. The van der Waals surface area contributed by atoms with Crippen LogP contribution >= 0.6 is 11.3 Å². The summed E-state index contributed by atoms with van der Waals surface area (Å²) in [6.07, 6.45) is 0.558. The van der Waals surface area contributed by atoms with Gasteiger partial charge < -0.3 is 9.47 Å². The van der Waals surface area contributed by atoms with Crippen molar-refractivity contribution in [3.05, 3.63) is 75.5 Å². The molecule has 0 amide bonds. The molecule has 1 atom stereocenters. The zero-order valence-electron chi connectivity index (χ0n) is 17.5. The summed E-state index contributed by atoms with van der Waals surface area (Å²) in [5.74, 6) is 1.09. The lowest BCUT2D eigenvalue weighted by molar-refractivity contribution is 0.101. The number of fused-ring (bicyclic) bond motifs is 1. The number of carbonyl (C=O) groups is 1. The monoisotopic (exact) mass is 457 g/mol. The van der Waals surface area contributed by atoms with Gasteiger partial charge in [0.1, 0.15) is 0 Å². The number of carbonyl (C=O) groups excluding carboxylic acids is 1. The Labute approximate surface area is 186 Å². The van der Waals surface area contributed by atoms with Gasteiger partial charge in [-0.25, -0.2) is 8.42 Å². The van der Waals surface area contributed by atoms with Crippen LogP contribution in [0.4, 0.5) is 0 Å². The lowest BCUT2D eigenvalue weighted by atomic mass is 9.92. The highest BCUT2D eigenvalue weighted by atomic mass is 32.2. The number of ketones is 1. The highest BCUT2D eigenvalue weighted by Gasteiger charge is 2.38. The third kappa shape index (κ3) is 3.86. The van der Waals surface area contributed by atoms with Gasteiger partial charge in [0.05, 0.1) is 25.2 Å². The minimum atomic E-state index is -3.80. The Morgan fingerprint density at radius 2 is 1.74 bits per heavy atom. The van der Waals surface area contributed by atoms with Crippen molar-refractivity contribution >= 4 is 27.1 Å². The molecule has 0 saturated heterocycles. The normalized spacial score (nSPS) is 16.5. The van der Waals surface area contributed by atoms with E-state index in [1.54, 1.807) is 26.4 Å². The number of hydrogen-bond acceptors (Lipinski definition) is 6. The fraction of sp³-hybridized carbons (Fsp3) is 0.261. The molecule has 1 aliphatic heterocycles. The van der Waals surface area contributed by atoms with Crippen LogP contribution in [0.5, 0.6) is 11.5 Å². The summed E-state index contributed by atoms with van der Waals surface area (Å²) in [6, 6.07) is 13.3. The largest absolute Gasteiger partial charge is 0.493 e. The van der Waals surface area contributed by atoms with Crippen molar-refractivity contribution in [2.75, 3.05) is 20.8 Å². The third-order valence-electron chi connectivity index (χ3n) is 5.51. The Kier molecular flexibility index (Phi) is 5.88. The van der Waals surface area contributed by atoms with Crippen molar-refractivity contribution in [3.63, 3.8) is 0 Å². The zero-order chi connectivity index (χ0) is 22.2. The summed E-state index contributed by atoms with van der Waals surface area (Å²) < 4.78 is 39.8. The Bertz CT molecular complexity index is 1200. The zero-order valence-corrected chi connectivity index (χ0v) is 19.1. The highest BCUT2D eigenvalue weighted by molar-refractivity contribution is 7.89. The first-order chi connectivity index (χ1) is 14.9. The third-order valence-corrected chi connectivity index (χ3v) is 8.31. The van der Waals surface area contributed by atoms with Crippen molar-refractivity contribution in [2.45, 2.75) is 24.3 Å². The summed E-state index contributed by atoms with van der Waals surface area (Å²) in [5, 5.41) is 1.94. The number of hydrogen-bond donors (Lipinski definition) is 0. The number of Topliss-reactive ketones (excluding diaryl/α,β-unsaturated/α-hetero) is 1. The van der Waals surface area contributed by atoms with E-state index >= 15 is 0 Å². The molecule has 0 radical (unpaired) electrons. The first-order valence-corrected chi connectivity index (χ1v) is 12.1.